The van der Waals surface area contributed by atoms with Crippen LogP contribution in [0.1, 0.15) is 20.8 Å². The topological polar surface area (TPSA) is 58.2 Å². The first kappa shape index (κ1) is 13.7. The van der Waals surface area contributed by atoms with E-state index in [9.17, 15) is 9.59 Å². The fraction of sp³-hybridized carbons (Fsp3) is 0.750. The van der Waals surface area contributed by atoms with Crippen LogP contribution in [0.25, 0.3) is 0 Å². The number of hydrogen-bond donors (Lipinski definition) is 2. The van der Waals surface area contributed by atoms with Crippen LogP contribution in [0.5, 0.6) is 0 Å². The first-order chi connectivity index (χ1) is 5.66. The molecule has 1 amide bonds. The van der Waals surface area contributed by atoms with Crippen molar-refractivity contribution < 1.29 is 9.59 Å². The average Bonchev–Trinajstić information content (AvgIpc) is 2.05. The van der Waals surface area contributed by atoms with Gasteiger partial charge in [-0.2, -0.15) is 0 Å². The van der Waals surface area contributed by atoms with Crippen LogP contribution in [0.2, 0.25) is 0 Å². The molecule has 0 aliphatic heterocycles. The molecule has 0 spiro atoms. The number of ketones is 1. The summed E-state index contributed by atoms with van der Waals surface area (Å²) in [7, 11) is 1.67. The molecule has 4 heteroatoms. The summed E-state index contributed by atoms with van der Waals surface area (Å²) in [5, 5.41) is 5.10. The van der Waals surface area contributed by atoms with Crippen LogP contribution in [-0.4, -0.2) is 31.8 Å². The minimum absolute atomic E-state index is 0.0375. The average molecular weight is 174 g/mol. The van der Waals surface area contributed by atoms with E-state index in [0.717, 1.165) is 0 Å². The number of rotatable bonds is 4. The van der Waals surface area contributed by atoms with Crippen molar-refractivity contribution in [2.75, 3.05) is 20.1 Å². The summed E-state index contributed by atoms with van der Waals surface area (Å²) in [5.74, 6) is -0.192. The molecule has 0 saturated heterocycles. The minimum atomic E-state index is -0.155. The molecule has 0 saturated carbocycles. The van der Waals surface area contributed by atoms with Crippen LogP contribution in [-0.2, 0) is 9.59 Å². The molecule has 0 heterocycles. The Morgan fingerprint density at radius 3 is 2.00 bits per heavy atom. The second-order valence-corrected chi connectivity index (χ2v) is 2.01. The van der Waals surface area contributed by atoms with E-state index in [4.69, 9.17) is 0 Å². The molecule has 0 aromatic rings. The first-order valence-electron chi connectivity index (χ1n) is 4.07. The Kier molecular flexibility index (Phi) is 11.5. The molecule has 0 aromatic heterocycles. The summed E-state index contributed by atoms with van der Waals surface area (Å²) in [6, 6.07) is 0. The van der Waals surface area contributed by atoms with E-state index < -0.39 is 0 Å². The van der Waals surface area contributed by atoms with Crippen LogP contribution in [0, 0.1) is 0 Å². The van der Waals surface area contributed by atoms with Crippen molar-refractivity contribution in [2.24, 2.45) is 0 Å². The Morgan fingerprint density at radius 2 is 1.67 bits per heavy atom. The van der Waals surface area contributed by atoms with Gasteiger partial charge in [-0.05, 0) is 14.0 Å². The molecule has 0 fully saturated rings. The maximum Gasteiger partial charge on any atom is 0.234 e. The monoisotopic (exact) mass is 174 g/mol. The number of amides is 1. The molecule has 0 radical (unpaired) electrons. The molecule has 0 bridgehead atoms. The molecular formula is C8H18N2O2. The zero-order valence-corrected chi connectivity index (χ0v) is 8.23. The van der Waals surface area contributed by atoms with Gasteiger partial charge < -0.3 is 10.6 Å². The van der Waals surface area contributed by atoms with E-state index in [-0.39, 0.29) is 24.8 Å². The highest BCUT2D eigenvalue weighted by molar-refractivity contribution is 5.85. The van der Waals surface area contributed by atoms with E-state index in [1.165, 1.54) is 6.92 Å². The summed E-state index contributed by atoms with van der Waals surface area (Å²) >= 11 is 0. The van der Waals surface area contributed by atoms with Crippen molar-refractivity contribution in [1.29, 1.82) is 0 Å². The molecule has 2 N–H and O–H groups in total. The maximum atomic E-state index is 10.6. The molecule has 4 nitrogen and oxygen atoms in total. The Morgan fingerprint density at radius 1 is 1.17 bits per heavy atom. The van der Waals surface area contributed by atoms with Crippen LogP contribution >= 0.6 is 0 Å². The predicted octanol–water partition coefficient (Wildman–Crippen LogP) is -0.0628. The molecule has 0 rings (SSSR count). The van der Waals surface area contributed by atoms with Crippen molar-refractivity contribution in [3.05, 3.63) is 0 Å². The van der Waals surface area contributed by atoms with Crippen molar-refractivity contribution >= 4 is 11.7 Å². The van der Waals surface area contributed by atoms with Gasteiger partial charge in [-0.3, -0.25) is 9.59 Å². The normalized spacial score (nSPS) is 8.00. The lowest BCUT2D eigenvalue weighted by molar-refractivity contribution is -0.123. The number of Topliss-reactive ketones (excluding diaryl/α,β-unsaturated/α-hetero) is 1. The van der Waals surface area contributed by atoms with E-state index in [1.807, 2.05) is 13.8 Å². The van der Waals surface area contributed by atoms with E-state index in [2.05, 4.69) is 10.6 Å². The van der Waals surface area contributed by atoms with Gasteiger partial charge >= 0.3 is 0 Å². The second kappa shape index (κ2) is 10.1. The van der Waals surface area contributed by atoms with Gasteiger partial charge in [0, 0.05) is 0 Å². The molecule has 0 aromatic carbocycles. The van der Waals surface area contributed by atoms with Gasteiger partial charge in [0.05, 0.1) is 13.1 Å². The summed E-state index contributed by atoms with van der Waals surface area (Å²) in [6.45, 7) is 5.81. The predicted molar refractivity (Wildman–Crippen MR) is 49.0 cm³/mol. The largest absolute Gasteiger partial charge is 0.348 e. The molecular weight excluding hydrogens is 156 g/mol. The summed E-state index contributed by atoms with van der Waals surface area (Å²) < 4.78 is 0. The summed E-state index contributed by atoms with van der Waals surface area (Å²) in [5.41, 5.74) is 0. The number of nitrogens with one attached hydrogen (secondary N) is 2. The summed E-state index contributed by atoms with van der Waals surface area (Å²) in [6.07, 6.45) is 0. The van der Waals surface area contributed by atoms with Gasteiger partial charge in [-0.25, -0.2) is 0 Å². The Hall–Kier alpha value is -0.900. The van der Waals surface area contributed by atoms with E-state index >= 15 is 0 Å². The smallest absolute Gasteiger partial charge is 0.234 e. The lowest BCUT2D eigenvalue weighted by atomic mass is 10.4. The van der Waals surface area contributed by atoms with Crippen molar-refractivity contribution in [3.8, 4) is 0 Å². The van der Waals surface area contributed by atoms with Crippen LogP contribution < -0.4 is 10.6 Å². The minimum Gasteiger partial charge on any atom is -0.348 e. The highest BCUT2D eigenvalue weighted by Crippen LogP contribution is 1.65. The quantitative estimate of drug-likeness (QED) is 0.627. The molecule has 72 valence electrons. The van der Waals surface area contributed by atoms with Gasteiger partial charge in [-0.1, -0.05) is 13.8 Å². The third-order valence-corrected chi connectivity index (χ3v) is 0.872. The standard InChI is InChI=1S/C6H12N2O2.C2H6/c1-5(9)3-8-6(10)4-7-2;1-2/h7H,3-4H2,1-2H3,(H,8,10);1-2H3. The molecule has 12 heavy (non-hydrogen) atoms. The fourth-order valence-electron chi connectivity index (χ4n) is 0.446. The zero-order valence-electron chi connectivity index (χ0n) is 8.23. The number of carbonyl (C=O) groups is 2. The highest BCUT2D eigenvalue weighted by Gasteiger charge is 1.98. The van der Waals surface area contributed by atoms with E-state index in [0.29, 0.717) is 0 Å². The van der Waals surface area contributed by atoms with Gasteiger partial charge in [0.1, 0.15) is 5.78 Å². The van der Waals surface area contributed by atoms with Gasteiger partial charge in [0.2, 0.25) is 5.91 Å². The Bertz CT molecular complexity index is 135. The van der Waals surface area contributed by atoms with Gasteiger partial charge in [0.25, 0.3) is 0 Å². The zero-order chi connectivity index (χ0) is 9.98. The Balaban J connectivity index is 0. The maximum absolute atomic E-state index is 10.6. The van der Waals surface area contributed by atoms with Crippen molar-refractivity contribution in [2.45, 2.75) is 20.8 Å². The highest BCUT2D eigenvalue weighted by atomic mass is 16.2. The first-order valence-corrected chi connectivity index (χ1v) is 4.07. The summed E-state index contributed by atoms with van der Waals surface area (Å²) in [4.78, 5) is 20.9. The number of hydrogen-bond acceptors (Lipinski definition) is 3. The number of carbonyl (C=O) groups excluding carboxylic acids is 2. The number of likely N-dealkylation sites (N-methyl/N-ethyl adjacent to an activating group) is 1. The SMILES string of the molecule is CC.CNCC(=O)NCC(C)=O. The Labute approximate surface area is 73.7 Å². The third-order valence-electron chi connectivity index (χ3n) is 0.872. The van der Waals surface area contributed by atoms with Crippen LogP contribution in [0.4, 0.5) is 0 Å². The second-order valence-electron chi connectivity index (χ2n) is 2.01. The lowest BCUT2D eigenvalue weighted by Gasteiger charge is -1.99. The molecule has 0 aliphatic rings. The van der Waals surface area contributed by atoms with E-state index in [1.54, 1.807) is 7.05 Å². The molecule has 0 atom stereocenters. The van der Waals surface area contributed by atoms with Crippen LogP contribution in [0.15, 0.2) is 0 Å². The van der Waals surface area contributed by atoms with Crippen molar-refractivity contribution in [1.82, 2.24) is 10.6 Å². The fourth-order valence-corrected chi connectivity index (χ4v) is 0.446. The van der Waals surface area contributed by atoms with Gasteiger partial charge in [-0.15, -0.1) is 0 Å². The third kappa shape index (κ3) is 11.8. The van der Waals surface area contributed by atoms with Crippen LogP contribution in [0.3, 0.4) is 0 Å². The van der Waals surface area contributed by atoms with Gasteiger partial charge in [0.15, 0.2) is 0 Å². The van der Waals surface area contributed by atoms with Crippen molar-refractivity contribution in [3.63, 3.8) is 0 Å². The molecule has 0 unspecified atom stereocenters. The lowest BCUT2D eigenvalue weighted by Crippen LogP contribution is -2.34. The molecule has 0 aliphatic carbocycles.